The highest BCUT2D eigenvalue weighted by Gasteiger charge is 2.27. The number of hydrogen-bond donors (Lipinski definition) is 4. The van der Waals surface area contributed by atoms with E-state index in [1.54, 1.807) is 18.2 Å². The zero-order chi connectivity index (χ0) is 25.1. The lowest BCUT2D eigenvalue weighted by Gasteiger charge is -2.15. The minimum Gasteiger partial charge on any atom is -0.492 e. The third-order valence-corrected chi connectivity index (χ3v) is 7.49. The molecule has 1 heterocycles. The van der Waals surface area contributed by atoms with Crippen molar-refractivity contribution in [3.05, 3.63) is 83.8 Å². The molecule has 3 aromatic carbocycles. The number of aromatic nitrogens is 2. The lowest BCUT2D eigenvalue weighted by molar-refractivity contribution is 0.172. The largest absolute Gasteiger partial charge is 0.492 e. The number of fused-ring (bicyclic) bond motifs is 1. The fourth-order valence-corrected chi connectivity index (χ4v) is 5.19. The van der Waals surface area contributed by atoms with Crippen molar-refractivity contribution >= 4 is 26.6 Å². The average molecular weight is 511 g/mol. The first kappa shape index (κ1) is 24.2. The molecule has 4 aromatic rings. The first-order valence-corrected chi connectivity index (χ1v) is 13.3. The SMILES string of the molecule is O=S(=O)(Nc1cccc(C(O)CNCCOc2ccc3c(C4CC4)[nH]nc3c2)c1)c1ccccc1F. The van der Waals surface area contributed by atoms with Crippen molar-refractivity contribution in [3.63, 3.8) is 0 Å². The van der Waals surface area contributed by atoms with E-state index in [4.69, 9.17) is 4.74 Å². The van der Waals surface area contributed by atoms with Crippen LogP contribution < -0.4 is 14.8 Å². The zero-order valence-electron chi connectivity index (χ0n) is 19.4. The van der Waals surface area contributed by atoms with E-state index in [2.05, 4.69) is 20.2 Å². The van der Waals surface area contributed by atoms with Crippen molar-refractivity contribution in [1.82, 2.24) is 15.5 Å². The number of nitrogens with zero attached hydrogens (tertiary/aromatic N) is 1. The van der Waals surface area contributed by atoms with E-state index in [-0.39, 0.29) is 12.2 Å². The summed E-state index contributed by atoms with van der Waals surface area (Å²) in [5, 5.41) is 22.3. The Morgan fingerprint density at radius 1 is 1.11 bits per heavy atom. The van der Waals surface area contributed by atoms with Crippen LogP contribution in [-0.4, -0.2) is 43.4 Å². The van der Waals surface area contributed by atoms with Gasteiger partial charge in [0.2, 0.25) is 0 Å². The number of rotatable bonds is 11. The number of aliphatic hydroxyl groups excluding tert-OH is 1. The number of aliphatic hydroxyl groups is 1. The Labute approximate surface area is 208 Å². The van der Waals surface area contributed by atoms with E-state index in [1.165, 1.54) is 42.8 Å². The molecule has 0 spiro atoms. The Kier molecular flexibility index (Phi) is 6.90. The molecule has 188 valence electrons. The van der Waals surface area contributed by atoms with Crippen LogP contribution in [0.3, 0.4) is 0 Å². The summed E-state index contributed by atoms with van der Waals surface area (Å²) in [6, 6.07) is 17.4. The van der Waals surface area contributed by atoms with Crippen LogP contribution in [0, 0.1) is 5.82 Å². The van der Waals surface area contributed by atoms with Crippen molar-refractivity contribution in [2.75, 3.05) is 24.4 Å². The molecule has 0 radical (unpaired) electrons. The molecule has 36 heavy (non-hydrogen) atoms. The monoisotopic (exact) mass is 510 g/mol. The van der Waals surface area contributed by atoms with Crippen LogP contribution >= 0.6 is 0 Å². The van der Waals surface area contributed by atoms with Gasteiger partial charge in [0, 0.05) is 41.8 Å². The quantitative estimate of drug-likeness (QED) is 0.226. The number of benzene rings is 3. The number of sulfonamides is 1. The molecule has 10 heteroatoms. The number of aromatic amines is 1. The van der Waals surface area contributed by atoms with Gasteiger partial charge in [-0.25, -0.2) is 12.8 Å². The van der Waals surface area contributed by atoms with E-state index >= 15 is 0 Å². The molecule has 1 unspecified atom stereocenters. The predicted molar refractivity (Wildman–Crippen MR) is 135 cm³/mol. The van der Waals surface area contributed by atoms with Gasteiger partial charge in [0.1, 0.15) is 23.1 Å². The van der Waals surface area contributed by atoms with Crippen LogP contribution in [0.25, 0.3) is 10.9 Å². The predicted octanol–water partition coefficient (Wildman–Crippen LogP) is 4.08. The molecular weight excluding hydrogens is 483 g/mol. The summed E-state index contributed by atoms with van der Waals surface area (Å²) in [4.78, 5) is -0.438. The molecule has 1 aliphatic carbocycles. The van der Waals surface area contributed by atoms with Gasteiger partial charge in [-0.3, -0.25) is 9.82 Å². The van der Waals surface area contributed by atoms with Gasteiger partial charge < -0.3 is 15.2 Å². The highest BCUT2D eigenvalue weighted by Crippen LogP contribution is 2.42. The van der Waals surface area contributed by atoms with Gasteiger partial charge in [0.15, 0.2) is 0 Å². The second kappa shape index (κ2) is 10.3. The molecule has 0 bridgehead atoms. The molecule has 1 aliphatic rings. The van der Waals surface area contributed by atoms with Gasteiger partial charge in [0.25, 0.3) is 10.0 Å². The molecule has 8 nitrogen and oxygen atoms in total. The molecule has 1 fully saturated rings. The molecule has 0 amide bonds. The van der Waals surface area contributed by atoms with Gasteiger partial charge in [0.05, 0.1) is 11.6 Å². The summed E-state index contributed by atoms with van der Waals surface area (Å²) in [6.45, 7) is 1.15. The van der Waals surface area contributed by atoms with E-state index < -0.39 is 26.8 Å². The summed E-state index contributed by atoms with van der Waals surface area (Å²) in [7, 11) is -4.10. The number of anilines is 1. The molecular formula is C26H27FN4O4S. The van der Waals surface area contributed by atoms with Crippen LogP contribution in [0.1, 0.15) is 36.1 Å². The van der Waals surface area contributed by atoms with Crippen LogP contribution in [0.4, 0.5) is 10.1 Å². The highest BCUT2D eigenvalue weighted by molar-refractivity contribution is 7.92. The van der Waals surface area contributed by atoms with Crippen LogP contribution in [0.15, 0.2) is 71.6 Å². The fourth-order valence-electron chi connectivity index (χ4n) is 4.07. The first-order valence-electron chi connectivity index (χ1n) is 11.8. The van der Waals surface area contributed by atoms with Crippen molar-refractivity contribution in [2.45, 2.75) is 29.8 Å². The summed E-state index contributed by atoms with van der Waals surface area (Å²) >= 11 is 0. The number of nitrogens with one attached hydrogen (secondary N) is 3. The van der Waals surface area contributed by atoms with Crippen LogP contribution in [0.5, 0.6) is 5.75 Å². The van der Waals surface area contributed by atoms with Gasteiger partial charge >= 0.3 is 0 Å². The maximum absolute atomic E-state index is 13.9. The summed E-state index contributed by atoms with van der Waals surface area (Å²) in [5.41, 5.74) is 2.85. The lowest BCUT2D eigenvalue weighted by atomic mass is 10.1. The van der Waals surface area contributed by atoms with Crippen molar-refractivity contribution in [2.24, 2.45) is 0 Å². The number of ether oxygens (including phenoxy) is 1. The van der Waals surface area contributed by atoms with Gasteiger partial charge in [-0.1, -0.05) is 24.3 Å². The smallest absolute Gasteiger partial charge is 0.264 e. The Bertz CT molecular complexity index is 1470. The summed E-state index contributed by atoms with van der Waals surface area (Å²) in [5.74, 6) is 0.499. The van der Waals surface area contributed by atoms with E-state index in [0.717, 1.165) is 22.7 Å². The Morgan fingerprint density at radius 2 is 1.94 bits per heavy atom. The number of halogens is 1. The topological polar surface area (TPSA) is 116 Å². The Balaban J connectivity index is 1.11. The van der Waals surface area contributed by atoms with Crippen molar-refractivity contribution in [3.8, 4) is 5.75 Å². The molecule has 1 atom stereocenters. The third kappa shape index (κ3) is 5.51. The van der Waals surface area contributed by atoms with Crippen LogP contribution in [0.2, 0.25) is 0 Å². The molecule has 0 saturated heterocycles. The fraction of sp³-hybridized carbons (Fsp3) is 0.269. The van der Waals surface area contributed by atoms with E-state index in [9.17, 15) is 17.9 Å². The van der Waals surface area contributed by atoms with Gasteiger partial charge in [-0.05, 0) is 54.8 Å². The summed E-state index contributed by atoms with van der Waals surface area (Å²) in [6.07, 6.45) is 1.55. The maximum Gasteiger partial charge on any atom is 0.264 e. The average Bonchev–Trinajstić information content (AvgIpc) is 3.62. The zero-order valence-corrected chi connectivity index (χ0v) is 20.3. The van der Waals surface area contributed by atoms with Crippen molar-refractivity contribution < 1.29 is 22.7 Å². The minimum absolute atomic E-state index is 0.233. The van der Waals surface area contributed by atoms with Gasteiger partial charge in [-0.2, -0.15) is 5.10 Å². The lowest BCUT2D eigenvalue weighted by Crippen LogP contribution is -2.26. The maximum atomic E-state index is 13.9. The Hall–Kier alpha value is -3.47. The van der Waals surface area contributed by atoms with Crippen LogP contribution in [-0.2, 0) is 10.0 Å². The third-order valence-electron chi connectivity index (χ3n) is 6.08. The molecule has 1 aromatic heterocycles. The highest BCUT2D eigenvalue weighted by atomic mass is 32.2. The standard InChI is InChI=1S/C26H27FN4O4S/c27-22-6-1-2-7-25(22)36(33,34)31-19-5-3-4-18(14-19)24(32)16-28-12-13-35-20-10-11-21-23(15-20)29-30-26(21)17-8-9-17/h1-7,10-11,14-15,17,24,28,31-32H,8-9,12-13,16H2,(H,29,30). The van der Waals surface area contributed by atoms with Gasteiger partial charge in [-0.15, -0.1) is 0 Å². The first-order chi connectivity index (χ1) is 17.4. The normalized spacial score (nSPS) is 14.6. The number of hydrogen-bond acceptors (Lipinski definition) is 6. The van der Waals surface area contributed by atoms with Crippen molar-refractivity contribution in [1.29, 1.82) is 0 Å². The Morgan fingerprint density at radius 3 is 2.75 bits per heavy atom. The van der Waals surface area contributed by atoms with E-state index in [0.29, 0.717) is 24.6 Å². The number of H-pyrrole nitrogens is 1. The second-order valence-electron chi connectivity index (χ2n) is 8.82. The second-order valence-corrected chi connectivity index (χ2v) is 10.5. The molecule has 1 saturated carbocycles. The van der Waals surface area contributed by atoms with E-state index in [1.807, 2.05) is 18.2 Å². The minimum atomic E-state index is -4.10. The molecule has 4 N–H and O–H groups in total. The summed E-state index contributed by atoms with van der Waals surface area (Å²) < 4.78 is 47.1. The molecule has 0 aliphatic heterocycles. The molecule has 5 rings (SSSR count).